The van der Waals surface area contributed by atoms with Gasteiger partial charge in [0, 0.05) is 32.9 Å². The van der Waals surface area contributed by atoms with E-state index < -0.39 is 47.4 Å². The number of non-ortho nitro benzene ring substituents is 1. The van der Waals surface area contributed by atoms with Gasteiger partial charge in [0.15, 0.2) is 12.2 Å². The fourth-order valence-corrected chi connectivity index (χ4v) is 2.85. The van der Waals surface area contributed by atoms with Gasteiger partial charge in [0.2, 0.25) is 12.4 Å². The predicted octanol–water partition coefficient (Wildman–Crippen LogP) is 1.78. The van der Waals surface area contributed by atoms with Crippen molar-refractivity contribution < 1.29 is 43.0 Å². The molecule has 29 heavy (non-hydrogen) atoms. The molecule has 1 aromatic rings. The topological polar surface area (TPSA) is 140 Å². The van der Waals surface area contributed by atoms with Crippen LogP contribution >= 0.6 is 11.6 Å². The normalized spacial score (nSPS) is 23.6. The first kappa shape index (κ1) is 22.4. The highest BCUT2D eigenvalue weighted by Crippen LogP contribution is 2.32. The van der Waals surface area contributed by atoms with Gasteiger partial charge in [-0.15, -0.1) is 0 Å². The van der Waals surface area contributed by atoms with E-state index in [0.717, 1.165) is 32.9 Å². The summed E-state index contributed by atoms with van der Waals surface area (Å²) in [5.74, 6) is -2.09. The van der Waals surface area contributed by atoms with Gasteiger partial charge in [0.25, 0.3) is 5.69 Å². The van der Waals surface area contributed by atoms with Gasteiger partial charge in [0.05, 0.1) is 16.6 Å². The number of hydrogen-bond acceptors (Lipinski definition) is 10. The van der Waals surface area contributed by atoms with Crippen molar-refractivity contribution in [3.63, 3.8) is 0 Å². The quantitative estimate of drug-likeness (QED) is 0.283. The van der Waals surface area contributed by atoms with Crippen molar-refractivity contribution in [2.24, 2.45) is 0 Å². The number of hydrogen-bond donors (Lipinski definition) is 0. The van der Waals surface area contributed by atoms with Crippen molar-refractivity contribution in [1.82, 2.24) is 0 Å². The van der Waals surface area contributed by atoms with Gasteiger partial charge in [0.1, 0.15) is 5.75 Å². The molecular formula is C17H18ClNO10. The number of ether oxygens (including phenoxy) is 5. The minimum Gasteiger partial charge on any atom is -0.459 e. The fourth-order valence-electron chi connectivity index (χ4n) is 2.63. The third-order valence-electron chi connectivity index (χ3n) is 3.67. The molecule has 1 saturated heterocycles. The van der Waals surface area contributed by atoms with Crippen molar-refractivity contribution in [2.75, 3.05) is 6.61 Å². The van der Waals surface area contributed by atoms with E-state index in [1.807, 2.05) is 0 Å². The molecule has 0 aliphatic carbocycles. The average Bonchev–Trinajstić information content (AvgIpc) is 2.60. The van der Waals surface area contributed by atoms with Gasteiger partial charge >= 0.3 is 17.9 Å². The lowest BCUT2D eigenvalue weighted by molar-refractivity contribution is -0.384. The van der Waals surface area contributed by atoms with Crippen LogP contribution in [0.4, 0.5) is 5.69 Å². The van der Waals surface area contributed by atoms with E-state index in [0.29, 0.717) is 0 Å². The Morgan fingerprint density at radius 3 is 2.17 bits per heavy atom. The lowest BCUT2D eigenvalue weighted by atomic mass is 10.0. The van der Waals surface area contributed by atoms with Crippen molar-refractivity contribution in [3.8, 4) is 5.75 Å². The highest BCUT2D eigenvalue weighted by Gasteiger charge is 2.48. The Bertz CT molecular complexity index is 813. The highest BCUT2D eigenvalue weighted by atomic mass is 35.5. The van der Waals surface area contributed by atoms with Gasteiger partial charge in [-0.2, -0.15) is 0 Å². The molecule has 0 unspecified atom stereocenters. The summed E-state index contributed by atoms with van der Waals surface area (Å²) in [5, 5.41) is 10.7. The Morgan fingerprint density at radius 2 is 1.66 bits per heavy atom. The van der Waals surface area contributed by atoms with E-state index in [4.69, 9.17) is 35.3 Å². The van der Waals surface area contributed by atoms with Gasteiger partial charge in [-0.1, -0.05) is 11.6 Å². The zero-order valence-electron chi connectivity index (χ0n) is 15.7. The zero-order valence-corrected chi connectivity index (χ0v) is 16.4. The summed E-state index contributed by atoms with van der Waals surface area (Å²) >= 11 is 6.02. The summed E-state index contributed by atoms with van der Waals surface area (Å²) in [5.41, 5.74) is -0.254. The smallest absolute Gasteiger partial charge is 0.303 e. The number of nitro benzene ring substituents is 1. The van der Waals surface area contributed by atoms with Crippen molar-refractivity contribution in [3.05, 3.63) is 33.3 Å². The second kappa shape index (κ2) is 9.52. The maximum absolute atomic E-state index is 11.6. The minimum absolute atomic E-state index is 0.00642. The van der Waals surface area contributed by atoms with Gasteiger partial charge in [-0.05, 0) is 6.07 Å². The Balaban J connectivity index is 2.31. The summed E-state index contributed by atoms with van der Waals surface area (Å²) in [6.45, 7) is 3.18. The summed E-state index contributed by atoms with van der Waals surface area (Å²) in [6, 6.07) is 3.48. The molecule has 4 atom stereocenters. The molecule has 0 amide bonds. The van der Waals surface area contributed by atoms with E-state index in [1.165, 1.54) is 6.07 Å². The van der Waals surface area contributed by atoms with Crippen LogP contribution in [-0.2, 0) is 33.3 Å². The van der Waals surface area contributed by atoms with E-state index in [9.17, 15) is 24.5 Å². The Hall–Kier alpha value is -2.92. The number of benzene rings is 1. The number of esters is 3. The van der Waals surface area contributed by atoms with E-state index in [1.54, 1.807) is 0 Å². The first-order valence-corrected chi connectivity index (χ1v) is 8.70. The molecule has 2 rings (SSSR count). The molecule has 0 N–H and O–H groups in total. The number of halogens is 1. The first-order valence-electron chi connectivity index (χ1n) is 8.32. The molecule has 1 heterocycles. The highest BCUT2D eigenvalue weighted by molar-refractivity contribution is 6.32. The molecule has 0 saturated carbocycles. The van der Waals surface area contributed by atoms with Crippen LogP contribution in [0.15, 0.2) is 18.2 Å². The van der Waals surface area contributed by atoms with Crippen LogP contribution in [0.5, 0.6) is 5.75 Å². The molecule has 12 heteroatoms. The number of rotatable bonds is 6. The maximum atomic E-state index is 11.6. The first-order chi connectivity index (χ1) is 13.6. The van der Waals surface area contributed by atoms with Crippen molar-refractivity contribution >= 4 is 35.2 Å². The number of nitrogens with zero attached hydrogens (tertiary/aromatic N) is 1. The van der Waals surface area contributed by atoms with Crippen LogP contribution in [0.2, 0.25) is 5.02 Å². The van der Waals surface area contributed by atoms with Gasteiger partial charge < -0.3 is 23.7 Å². The molecule has 158 valence electrons. The predicted molar refractivity (Wildman–Crippen MR) is 95.1 cm³/mol. The Kier molecular flexibility index (Phi) is 7.35. The van der Waals surface area contributed by atoms with Crippen LogP contribution in [0, 0.1) is 10.1 Å². The second-order valence-corrected chi connectivity index (χ2v) is 6.39. The molecule has 1 aliphatic heterocycles. The number of nitro groups is 1. The molecular weight excluding hydrogens is 414 g/mol. The van der Waals surface area contributed by atoms with Crippen LogP contribution in [-0.4, -0.2) is 54.0 Å². The molecule has 0 bridgehead atoms. The largest absolute Gasteiger partial charge is 0.459 e. The number of carbonyl (C=O) groups is 3. The summed E-state index contributed by atoms with van der Waals surface area (Å²) in [4.78, 5) is 44.6. The van der Waals surface area contributed by atoms with Crippen molar-refractivity contribution in [2.45, 2.75) is 45.4 Å². The molecule has 1 aliphatic rings. The summed E-state index contributed by atoms with van der Waals surface area (Å²) in [7, 11) is 0. The zero-order chi connectivity index (χ0) is 21.7. The van der Waals surface area contributed by atoms with E-state index >= 15 is 0 Å². The molecule has 0 aromatic heterocycles. The Labute approximate surface area is 169 Å². The summed E-state index contributed by atoms with van der Waals surface area (Å²) < 4.78 is 26.6. The third-order valence-corrected chi connectivity index (χ3v) is 3.97. The van der Waals surface area contributed by atoms with Crippen molar-refractivity contribution in [1.29, 1.82) is 0 Å². The monoisotopic (exact) mass is 431 g/mol. The third kappa shape index (κ3) is 6.03. The van der Waals surface area contributed by atoms with E-state index in [-0.39, 0.29) is 23.1 Å². The van der Waals surface area contributed by atoms with Crippen LogP contribution in [0.25, 0.3) is 0 Å². The van der Waals surface area contributed by atoms with Crippen LogP contribution in [0.3, 0.4) is 0 Å². The lowest BCUT2D eigenvalue weighted by Gasteiger charge is -2.40. The summed E-state index contributed by atoms with van der Waals surface area (Å²) in [6.07, 6.45) is -4.86. The van der Waals surface area contributed by atoms with Crippen LogP contribution < -0.4 is 4.74 Å². The SMILES string of the molecule is CC(=O)O[C@@H]1[C@@H](OC(C)=O)[C@H](Oc2ccc([N+](=O)[O-])cc2Cl)OC[C@H]1OC(C)=O. The van der Waals surface area contributed by atoms with Crippen LogP contribution in [0.1, 0.15) is 20.8 Å². The molecule has 0 spiro atoms. The molecule has 11 nitrogen and oxygen atoms in total. The molecule has 1 fully saturated rings. The average molecular weight is 432 g/mol. The lowest BCUT2D eigenvalue weighted by Crippen LogP contribution is -2.59. The van der Waals surface area contributed by atoms with Gasteiger partial charge in [-0.25, -0.2) is 0 Å². The van der Waals surface area contributed by atoms with Gasteiger partial charge in [-0.3, -0.25) is 24.5 Å². The minimum atomic E-state index is -1.30. The maximum Gasteiger partial charge on any atom is 0.303 e. The second-order valence-electron chi connectivity index (χ2n) is 5.99. The Morgan fingerprint density at radius 1 is 1.07 bits per heavy atom. The standard InChI is InChI=1S/C17H18ClNO10/c1-8(20)26-14-7-25-17(16(28-10(3)22)15(14)27-9(2)21)29-13-5-4-11(19(23)24)6-12(13)18/h4-6,14-17H,7H2,1-3H3/t14-,15+,16-,17+/m1/s1. The van der Waals surface area contributed by atoms with E-state index in [2.05, 4.69) is 0 Å². The molecule has 1 aromatic carbocycles. The fraction of sp³-hybridized carbons (Fsp3) is 0.471. The number of carbonyl (C=O) groups excluding carboxylic acids is 3. The molecule has 0 radical (unpaired) electrons.